The quantitative estimate of drug-likeness (QED) is 0.0157. The first kappa shape index (κ1) is 108. The van der Waals surface area contributed by atoms with Crippen LogP contribution in [0, 0.1) is 47.3 Å². The Morgan fingerprint density at radius 1 is 0.500 bits per heavy atom. The predicted octanol–water partition coefficient (Wildman–Crippen LogP) is 21.4. The number of imidazole rings is 1. The molecule has 0 bridgehead atoms. The molecule has 0 aliphatic carbocycles. The molecule has 0 fully saturated rings. The number of amides is 5. The number of nitrogens with zero attached hydrogens (tertiary/aromatic N) is 5. The molecule has 0 aliphatic rings. The minimum absolute atomic E-state index is 0.00439. The highest BCUT2D eigenvalue weighted by atomic mass is 31.2. The lowest BCUT2D eigenvalue weighted by molar-refractivity contribution is -0.122. The summed E-state index contributed by atoms with van der Waals surface area (Å²) in [6.45, 7) is 45.4. The molecule has 2 aromatic heterocycles. The summed E-state index contributed by atoms with van der Waals surface area (Å²) in [6.07, 6.45) is 29.7. The lowest BCUT2D eigenvalue weighted by Gasteiger charge is -2.29. The van der Waals surface area contributed by atoms with Crippen molar-refractivity contribution >= 4 is 66.4 Å². The van der Waals surface area contributed by atoms with Crippen LogP contribution >= 0.6 is 7.60 Å². The molecule has 0 saturated carbocycles. The fourth-order valence-electron chi connectivity index (χ4n) is 14.8. The van der Waals surface area contributed by atoms with Gasteiger partial charge in [0.2, 0.25) is 11.9 Å². The molecule has 1 aromatic carbocycles. The lowest BCUT2D eigenvalue weighted by Crippen LogP contribution is -2.40. The third-order valence-electron chi connectivity index (χ3n) is 22.2. The van der Waals surface area contributed by atoms with Gasteiger partial charge in [-0.2, -0.15) is 9.97 Å². The van der Waals surface area contributed by atoms with Crippen LogP contribution in [-0.4, -0.2) is 166 Å². The van der Waals surface area contributed by atoms with Crippen LogP contribution in [0.3, 0.4) is 0 Å². The predicted molar refractivity (Wildman–Crippen MR) is 491 cm³/mol. The molecule has 120 heavy (non-hydrogen) atoms. The Labute approximate surface area is 725 Å². The van der Waals surface area contributed by atoms with Crippen LogP contribution in [0.4, 0.5) is 26.1 Å². The summed E-state index contributed by atoms with van der Waals surface area (Å²) in [4.78, 5) is 109. The van der Waals surface area contributed by atoms with Crippen LogP contribution in [0.15, 0.2) is 29.1 Å². The SMILES string of the molecule is CCCCNc1nc(N)c2[nH]c(=O)n(Cc3ccc(C(=O)NCC(=O)NCCCC[C@H](NCCCP(=O)(OCCC(C)CCCC(C)CCCC(C)CCCC(C)C)OCCC(C)CCCC(C)CCCC(C)CCCC(C)C)C(=O)CCCCN(CCCCN(CCCNC(=O)OC(C)(C)C)C(=O)OC(C)(C)C)C(=O)OC(C)(C)C)cc3)c2n1. The summed E-state index contributed by atoms with van der Waals surface area (Å²) in [5.74, 6) is 4.99. The van der Waals surface area contributed by atoms with E-state index < -0.39 is 60.3 Å². The monoisotopic (exact) mass is 1710 g/mol. The number of unbranched alkanes of at least 4 members (excludes halogenated alkanes) is 4. The molecule has 690 valence electrons. The smallest absolute Gasteiger partial charge is 0.410 e. The summed E-state index contributed by atoms with van der Waals surface area (Å²) in [6, 6.07) is 6.19. The second-order valence-corrected chi connectivity index (χ2v) is 41.1. The number of hydrogen-bond acceptors (Lipinski definition) is 18. The largest absolute Gasteiger partial charge is 0.444 e. The second-order valence-electron chi connectivity index (χ2n) is 38.9. The second kappa shape index (κ2) is 58.8. The maximum atomic E-state index is 15.0. The summed E-state index contributed by atoms with van der Waals surface area (Å²) >= 11 is 0. The van der Waals surface area contributed by atoms with Gasteiger partial charge in [-0.3, -0.25) is 23.5 Å². The zero-order valence-corrected chi connectivity index (χ0v) is 79.8. The Kier molecular flexibility index (Phi) is 52.8. The standard InChI is InChI=1S/C94H171N12O13P/c1-21-22-57-98-87-102-84(95)83-85(103-87)106(88(110)101-83)69-78-51-53-79(54-52-78)86(109)100-68-82(108)97-58-25-23-49-80(81(107)50-24-26-61-104(90(112)118-93(15,16)17)62-27-28-63-105(91(113)119-94(18,19)20)64-35-59-99-89(111)117-92(12,13)14)96-60-36-67-120(114,115-65-55-76(10)47-33-45-74(8)43-31-41-72(6)39-29-37-70(2)3)116-66-56-77(11)48-34-46-75(9)44-32-42-73(7)40-30-38-71(4)5/h51-54,70-77,80,96H,21-50,55-69H2,1-20H3,(H,97,108)(H,99,111)(H,100,109)(H,101,110)(H3,95,98,102,103)/t72?,73?,74?,75?,76?,77?,80-,120?/m0/s1. The molecule has 6 unspecified atom stereocenters. The summed E-state index contributed by atoms with van der Waals surface area (Å²) in [7, 11) is -3.55. The van der Waals surface area contributed by atoms with Crippen molar-refractivity contribution in [3.8, 4) is 0 Å². The molecule has 3 aromatic rings. The molecular weight excluding hydrogens is 1540 g/mol. The van der Waals surface area contributed by atoms with Gasteiger partial charge in [-0.1, -0.05) is 210 Å². The third-order valence-corrected chi connectivity index (χ3v) is 24.2. The number of benzene rings is 1. The fourth-order valence-corrected chi connectivity index (χ4v) is 16.4. The Bertz CT molecular complexity index is 3400. The highest BCUT2D eigenvalue weighted by Gasteiger charge is 2.29. The van der Waals surface area contributed by atoms with Crippen molar-refractivity contribution in [2.24, 2.45) is 47.3 Å². The van der Waals surface area contributed by atoms with Gasteiger partial charge in [0.05, 0.1) is 38.5 Å². The number of rotatable bonds is 66. The molecule has 0 radical (unpaired) electrons. The highest BCUT2D eigenvalue weighted by molar-refractivity contribution is 7.53. The molecule has 0 spiro atoms. The number of nitrogens with two attached hydrogens (primary N) is 1. The number of carbonyl (C=O) groups is 6. The first-order valence-corrected chi connectivity index (χ1v) is 48.6. The first-order valence-electron chi connectivity index (χ1n) is 46.8. The minimum atomic E-state index is -3.55. The van der Waals surface area contributed by atoms with Gasteiger partial charge in [0.15, 0.2) is 11.5 Å². The maximum absolute atomic E-state index is 15.0. The number of nitrogen functional groups attached to an aromatic ring is 1. The molecule has 5 amide bonds. The number of carbonyl (C=O) groups excluding carboxylic acids is 6. The Morgan fingerprint density at radius 2 is 0.950 bits per heavy atom. The van der Waals surface area contributed by atoms with Crippen LogP contribution in [0.5, 0.6) is 0 Å². The van der Waals surface area contributed by atoms with Crippen molar-refractivity contribution in [1.82, 2.24) is 50.6 Å². The summed E-state index contributed by atoms with van der Waals surface area (Å²) in [5, 5.41) is 15.1. The molecule has 7 atom stereocenters. The van der Waals surface area contributed by atoms with Gasteiger partial charge in [-0.05, 0) is 211 Å². The zero-order chi connectivity index (χ0) is 89.3. The van der Waals surface area contributed by atoms with Crippen molar-refractivity contribution in [2.75, 3.05) is 89.3 Å². The van der Waals surface area contributed by atoms with E-state index in [-0.39, 0.29) is 43.2 Å². The first-order chi connectivity index (χ1) is 56.6. The van der Waals surface area contributed by atoms with Gasteiger partial charge < -0.3 is 70.4 Å². The van der Waals surface area contributed by atoms with E-state index in [0.717, 1.165) is 80.6 Å². The minimum Gasteiger partial charge on any atom is -0.444 e. The van der Waals surface area contributed by atoms with E-state index in [1.165, 1.54) is 94.5 Å². The molecule has 0 aliphatic heterocycles. The Morgan fingerprint density at radius 3 is 1.42 bits per heavy atom. The van der Waals surface area contributed by atoms with Crippen molar-refractivity contribution in [3.63, 3.8) is 0 Å². The average Bonchev–Trinajstić information content (AvgIpc) is 1.63. The van der Waals surface area contributed by atoms with Crippen molar-refractivity contribution in [1.29, 1.82) is 0 Å². The highest BCUT2D eigenvalue weighted by Crippen LogP contribution is 2.49. The van der Waals surface area contributed by atoms with E-state index >= 15 is 0 Å². The number of aromatic nitrogens is 4. The third kappa shape index (κ3) is 51.1. The number of anilines is 2. The number of fused-ring (bicyclic) bond motifs is 1. The number of alkyl carbamates (subject to hydrolysis) is 1. The average molecular weight is 1710 g/mol. The maximum Gasteiger partial charge on any atom is 0.410 e. The van der Waals surface area contributed by atoms with Gasteiger partial charge >= 0.3 is 31.6 Å². The van der Waals surface area contributed by atoms with E-state index in [4.69, 9.17) is 29.0 Å². The molecule has 2 heterocycles. The van der Waals surface area contributed by atoms with Crippen LogP contribution < -0.4 is 38.0 Å². The molecule has 25 nitrogen and oxygen atoms in total. The zero-order valence-electron chi connectivity index (χ0n) is 78.9. The van der Waals surface area contributed by atoms with Crippen LogP contribution in [0.2, 0.25) is 0 Å². The van der Waals surface area contributed by atoms with Gasteiger partial charge in [-0.15, -0.1) is 0 Å². The van der Waals surface area contributed by atoms with E-state index in [0.29, 0.717) is 170 Å². The summed E-state index contributed by atoms with van der Waals surface area (Å²) in [5.41, 5.74) is 5.44. The summed E-state index contributed by atoms with van der Waals surface area (Å²) < 4.78 is 46.3. The number of H-pyrrole nitrogens is 1. The number of nitrogens with one attached hydrogen (secondary N) is 6. The van der Waals surface area contributed by atoms with Gasteiger partial charge in [0.25, 0.3) is 5.91 Å². The van der Waals surface area contributed by atoms with Crippen LogP contribution in [0.1, 0.15) is 360 Å². The molecule has 3 rings (SSSR count). The number of Topliss-reactive ketones (excluding diaryl/α,β-unsaturated/α-hetero) is 1. The van der Waals surface area contributed by atoms with Crippen molar-refractivity contribution in [3.05, 3.63) is 45.9 Å². The Hall–Kier alpha value is -6.30. The van der Waals surface area contributed by atoms with Crippen molar-refractivity contribution < 1.29 is 56.6 Å². The molecular formula is C94H171N12O13P. The Balaban J connectivity index is 1.74. The van der Waals surface area contributed by atoms with E-state index in [2.05, 4.69) is 118 Å². The normalized spacial score (nSPS) is 14.4. The number of ether oxygens (including phenoxy) is 3. The van der Waals surface area contributed by atoms with Gasteiger partial charge in [-0.25, -0.2) is 19.2 Å². The van der Waals surface area contributed by atoms with E-state index in [1.54, 1.807) is 54.8 Å². The van der Waals surface area contributed by atoms with Gasteiger partial charge in [0, 0.05) is 57.8 Å². The van der Waals surface area contributed by atoms with Crippen LogP contribution in [-0.2, 0) is 44.0 Å². The molecule has 0 saturated heterocycles. The number of ketones is 1. The molecule has 26 heteroatoms. The van der Waals surface area contributed by atoms with E-state index in [9.17, 15) is 38.1 Å². The lowest BCUT2D eigenvalue weighted by atomic mass is 9.91. The molecule has 8 N–H and O–H groups in total. The number of hydrogen-bond donors (Lipinski definition) is 7. The van der Waals surface area contributed by atoms with Crippen LogP contribution in [0.25, 0.3) is 11.2 Å². The van der Waals surface area contributed by atoms with Crippen molar-refractivity contribution in [2.45, 2.75) is 373 Å². The number of aromatic amines is 1. The van der Waals surface area contributed by atoms with Gasteiger partial charge in [0.1, 0.15) is 28.1 Å². The van der Waals surface area contributed by atoms with E-state index in [1.807, 2.05) is 41.5 Å². The topological polar surface area (TPSA) is 322 Å². The fraction of sp³-hybridized carbons (Fsp3) is 0.819.